The standard InChI is InChI=1S/C42H47N3O7/c1-19(2)33-39-44-35(40(49)50-9)37(52-39)42-28-12-10-11-27(32-23(7)21(5)15-22(6)24(32)8)34(28)45-41(42)51-31-14-13-25(17-29(31)42)16-26(38(48)43-33)18-30(46)36(47)20(3)4/h10-15,17,19-20,26,33,36,41,45,47H,16,18H2,1-9H3,(H,43,48)/t26?,33-,36-,41-,42?/m0/s1. The van der Waals surface area contributed by atoms with Crippen LogP contribution in [0.15, 0.2) is 46.9 Å². The van der Waals surface area contributed by atoms with Crippen molar-refractivity contribution >= 4 is 23.3 Å². The largest absolute Gasteiger partial charge is 0.469 e. The summed E-state index contributed by atoms with van der Waals surface area (Å²) in [4.78, 5) is 45.8. The van der Waals surface area contributed by atoms with Gasteiger partial charge in [-0.1, -0.05) is 64.1 Å². The van der Waals surface area contributed by atoms with Crippen molar-refractivity contribution in [3.63, 3.8) is 0 Å². The number of ether oxygens (including phenoxy) is 2. The van der Waals surface area contributed by atoms with E-state index in [0.29, 0.717) is 5.75 Å². The Morgan fingerprint density at radius 1 is 1.00 bits per heavy atom. The van der Waals surface area contributed by atoms with Crippen molar-refractivity contribution in [2.24, 2.45) is 17.8 Å². The number of carbonyl (C=O) groups excluding carboxylic acids is 3. The van der Waals surface area contributed by atoms with Crippen LogP contribution < -0.4 is 15.4 Å². The zero-order chi connectivity index (χ0) is 37.4. The Bertz CT molecular complexity index is 2110. The highest BCUT2D eigenvalue weighted by molar-refractivity contribution is 5.94. The van der Waals surface area contributed by atoms with Crippen molar-refractivity contribution in [1.29, 1.82) is 0 Å². The Kier molecular flexibility index (Phi) is 8.80. The van der Waals surface area contributed by atoms with Gasteiger partial charge in [0.25, 0.3) is 0 Å². The number of anilines is 1. The van der Waals surface area contributed by atoms with E-state index in [1.54, 1.807) is 13.8 Å². The Morgan fingerprint density at radius 2 is 1.71 bits per heavy atom. The average Bonchev–Trinajstić information content (AvgIpc) is 3.78. The summed E-state index contributed by atoms with van der Waals surface area (Å²) < 4.78 is 18.9. The number of aliphatic hydroxyl groups is 1. The number of nitrogens with zero attached hydrogens (tertiary/aromatic N) is 1. The number of amides is 1. The fourth-order valence-electron chi connectivity index (χ4n) is 8.29. The molecule has 0 saturated heterocycles. The minimum Gasteiger partial charge on any atom is -0.469 e. The number of carbonyl (C=O) groups is 3. The molecule has 0 radical (unpaired) electrons. The smallest absolute Gasteiger partial charge is 0.360 e. The Labute approximate surface area is 304 Å². The summed E-state index contributed by atoms with van der Waals surface area (Å²) in [7, 11) is 1.31. The summed E-state index contributed by atoms with van der Waals surface area (Å²) in [6.07, 6.45) is -1.83. The van der Waals surface area contributed by atoms with Crippen molar-refractivity contribution in [3.05, 3.63) is 98.8 Å². The van der Waals surface area contributed by atoms with Crippen molar-refractivity contribution in [3.8, 4) is 16.9 Å². The van der Waals surface area contributed by atoms with Gasteiger partial charge in [0, 0.05) is 34.7 Å². The molecule has 1 spiro atoms. The first kappa shape index (κ1) is 35.4. The van der Waals surface area contributed by atoms with Gasteiger partial charge in [-0.3, -0.25) is 9.59 Å². The van der Waals surface area contributed by atoms with E-state index in [1.165, 1.54) is 29.4 Å². The van der Waals surface area contributed by atoms with Crippen LogP contribution in [0.25, 0.3) is 11.1 Å². The topological polar surface area (TPSA) is 140 Å². The molecule has 4 bridgehead atoms. The van der Waals surface area contributed by atoms with Gasteiger partial charge in [-0.15, -0.1) is 0 Å². The van der Waals surface area contributed by atoms with Crippen molar-refractivity contribution in [1.82, 2.24) is 10.3 Å². The predicted molar refractivity (Wildman–Crippen MR) is 196 cm³/mol. The normalized spacial score (nSPS) is 22.1. The van der Waals surface area contributed by atoms with Gasteiger partial charge in [0.15, 0.2) is 23.5 Å². The summed E-state index contributed by atoms with van der Waals surface area (Å²) in [6.45, 7) is 15.9. The van der Waals surface area contributed by atoms with Crippen LogP contribution in [0.3, 0.4) is 0 Å². The lowest BCUT2D eigenvalue weighted by Crippen LogP contribution is -2.41. The molecule has 4 aromatic rings. The van der Waals surface area contributed by atoms with Crippen molar-refractivity contribution in [2.45, 2.75) is 92.0 Å². The molecule has 2 unspecified atom stereocenters. The Balaban J connectivity index is 1.52. The second-order valence-corrected chi connectivity index (χ2v) is 15.4. The lowest BCUT2D eigenvalue weighted by Gasteiger charge is -2.28. The number of hydrogen-bond donors (Lipinski definition) is 3. The van der Waals surface area contributed by atoms with Crippen molar-refractivity contribution < 1.29 is 33.4 Å². The number of rotatable bonds is 7. The SMILES string of the molecule is COC(=O)c1nc2oc1C13c4cc(ccc4O[C@@H]1Nc1c(-c4c(C)c(C)cc(C)c4C)cccc13)CC(CC(=O)[C@@H](O)C(C)C)C(=O)N[C@H]2C(C)C. The first-order valence-corrected chi connectivity index (χ1v) is 18.1. The van der Waals surface area contributed by atoms with E-state index in [9.17, 15) is 19.5 Å². The fraction of sp³-hybridized carbons (Fsp3) is 0.429. The number of oxazole rings is 1. The Morgan fingerprint density at radius 3 is 2.37 bits per heavy atom. The number of hydrogen-bond acceptors (Lipinski definition) is 9. The number of aliphatic hydroxyl groups excluding tert-OH is 1. The molecule has 4 heterocycles. The van der Waals surface area contributed by atoms with E-state index >= 15 is 0 Å². The third kappa shape index (κ3) is 5.33. The minimum absolute atomic E-state index is 0.00547. The van der Waals surface area contributed by atoms with E-state index in [4.69, 9.17) is 18.9 Å². The summed E-state index contributed by atoms with van der Waals surface area (Å²) in [6, 6.07) is 13.4. The zero-order valence-electron chi connectivity index (χ0n) is 31.3. The van der Waals surface area contributed by atoms with Gasteiger partial charge in [-0.2, -0.15) is 0 Å². The third-order valence-corrected chi connectivity index (χ3v) is 11.4. The quantitative estimate of drug-likeness (QED) is 0.177. The second kappa shape index (κ2) is 12.9. The van der Waals surface area contributed by atoms with Gasteiger partial charge < -0.3 is 29.6 Å². The predicted octanol–water partition coefficient (Wildman–Crippen LogP) is 6.80. The van der Waals surface area contributed by atoms with Gasteiger partial charge in [0.1, 0.15) is 23.3 Å². The number of benzene rings is 3. The van der Waals surface area contributed by atoms with Crippen LogP contribution in [0.4, 0.5) is 5.69 Å². The first-order chi connectivity index (χ1) is 24.7. The molecule has 0 fully saturated rings. The lowest BCUT2D eigenvalue weighted by atomic mass is 9.71. The molecule has 10 nitrogen and oxygen atoms in total. The molecule has 3 aromatic carbocycles. The summed E-state index contributed by atoms with van der Waals surface area (Å²) in [5, 5.41) is 17.4. The number of esters is 1. The number of methoxy groups -OCH3 is 1. The molecule has 10 heteroatoms. The number of fused-ring (bicyclic) bond motifs is 4. The lowest BCUT2D eigenvalue weighted by molar-refractivity contribution is -0.135. The van der Waals surface area contributed by atoms with E-state index in [0.717, 1.165) is 33.5 Å². The monoisotopic (exact) mass is 705 g/mol. The van der Waals surface area contributed by atoms with E-state index in [-0.39, 0.29) is 47.9 Å². The van der Waals surface area contributed by atoms with Gasteiger partial charge >= 0.3 is 5.97 Å². The number of aryl methyl sites for hydroxylation is 2. The van der Waals surface area contributed by atoms with Crippen LogP contribution in [0, 0.1) is 45.4 Å². The Hall–Kier alpha value is -4.96. The van der Waals surface area contributed by atoms with Gasteiger partial charge in [0.2, 0.25) is 11.8 Å². The summed E-state index contributed by atoms with van der Waals surface area (Å²) in [5.41, 5.74) is 8.92. The number of Topliss-reactive ketones (excluding diaryl/α,β-unsaturated/α-hetero) is 1. The minimum atomic E-state index is -1.19. The number of ketones is 1. The first-order valence-electron chi connectivity index (χ1n) is 18.1. The highest BCUT2D eigenvalue weighted by Crippen LogP contribution is 2.60. The fourth-order valence-corrected chi connectivity index (χ4v) is 8.29. The van der Waals surface area contributed by atoms with E-state index in [1.807, 2.05) is 44.2 Å². The van der Waals surface area contributed by atoms with Crippen LogP contribution >= 0.6 is 0 Å². The molecule has 3 aliphatic heterocycles. The maximum atomic E-state index is 14.1. The summed E-state index contributed by atoms with van der Waals surface area (Å²) in [5.74, 6) is -1.73. The van der Waals surface area contributed by atoms with Crippen LogP contribution in [-0.2, 0) is 26.2 Å². The van der Waals surface area contributed by atoms with E-state index < -0.39 is 41.5 Å². The number of aromatic nitrogens is 1. The molecule has 3 N–H and O–H groups in total. The molecule has 3 aliphatic rings. The molecule has 1 aromatic heterocycles. The molecule has 1 amide bonds. The van der Waals surface area contributed by atoms with Crippen molar-refractivity contribution in [2.75, 3.05) is 12.4 Å². The van der Waals surface area contributed by atoms with E-state index in [2.05, 4.69) is 50.5 Å². The average molecular weight is 706 g/mol. The maximum absolute atomic E-state index is 14.1. The van der Waals surface area contributed by atoms with Gasteiger partial charge in [-0.25, -0.2) is 9.78 Å². The molecule has 0 aliphatic carbocycles. The molecule has 0 saturated carbocycles. The van der Waals surface area contributed by atoms with Crippen LogP contribution in [0.2, 0.25) is 0 Å². The second-order valence-electron chi connectivity index (χ2n) is 15.4. The van der Waals surface area contributed by atoms with Crippen LogP contribution in [-0.4, -0.2) is 47.2 Å². The molecule has 272 valence electrons. The molecule has 52 heavy (non-hydrogen) atoms. The number of nitrogens with one attached hydrogen (secondary N) is 2. The molecular formula is C42H47N3O7. The maximum Gasteiger partial charge on any atom is 0.360 e. The molecule has 5 atom stereocenters. The zero-order valence-corrected chi connectivity index (χ0v) is 31.3. The van der Waals surface area contributed by atoms with Gasteiger partial charge in [0.05, 0.1) is 7.11 Å². The molecule has 7 rings (SSSR count). The number of para-hydroxylation sites is 1. The van der Waals surface area contributed by atoms with Crippen LogP contribution in [0.5, 0.6) is 5.75 Å². The molecular weight excluding hydrogens is 658 g/mol. The summed E-state index contributed by atoms with van der Waals surface area (Å²) >= 11 is 0. The van der Waals surface area contributed by atoms with Crippen LogP contribution in [0.1, 0.15) is 101 Å². The third-order valence-electron chi connectivity index (χ3n) is 11.4. The highest BCUT2D eigenvalue weighted by Gasteiger charge is 2.62. The van der Waals surface area contributed by atoms with Gasteiger partial charge in [-0.05, 0) is 85.4 Å². The highest BCUT2D eigenvalue weighted by atomic mass is 16.5.